The highest BCUT2D eigenvalue weighted by molar-refractivity contribution is 5.22. The van der Waals surface area contributed by atoms with Gasteiger partial charge in [0.1, 0.15) is 0 Å². The standard InChI is InChI=1S/C11H19N/c1-8(2)9(3)6-7-10(4)11(5)12/h6-7,10H,5,12H2,1-4H3/b7-6-. The van der Waals surface area contributed by atoms with E-state index in [4.69, 9.17) is 5.73 Å². The third-order valence-corrected chi connectivity index (χ3v) is 2.01. The Morgan fingerprint density at radius 2 is 1.83 bits per heavy atom. The molecule has 1 nitrogen and oxygen atoms in total. The molecular weight excluding hydrogens is 146 g/mol. The third-order valence-electron chi connectivity index (χ3n) is 2.01. The summed E-state index contributed by atoms with van der Waals surface area (Å²) in [5.41, 5.74) is 8.88. The van der Waals surface area contributed by atoms with E-state index >= 15 is 0 Å². The van der Waals surface area contributed by atoms with E-state index in [1.807, 2.05) is 6.92 Å². The van der Waals surface area contributed by atoms with Crippen molar-refractivity contribution < 1.29 is 0 Å². The normalized spacial score (nSPS) is 13.0. The Morgan fingerprint density at radius 1 is 1.33 bits per heavy atom. The SMILES string of the molecule is C=C(N)C(C)/C=C\C(C)=C(C)C. The second-order valence-electron chi connectivity index (χ2n) is 3.41. The van der Waals surface area contributed by atoms with Gasteiger partial charge < -0.3 is 5.73 Å². The van der Waals surface area contributed by atoms with Gasteiger partial charge in [-0.3, -0.25) is 0 Å². The Labute approximate surface area is 75.7 Å². The fourth-order valence-corrected chi connectivity index (χ4v) is 0.579. The van der Waals surface area contributed by atoms with Gasteiger partial charge in [-0.1, -0.05) is 36.8 Å². The summed E-state index contributed by atoms with van der Waals surface area (Å²) < 4.78 is 0. The highest BCUT2D eigenvalue weighted by atomic mass is 14.6. The van der Waals surface area contributed by atoms with Gasteiger partial charge in [0.2, 0.25) is 0 Å². The van der Waals surface area contributed by atoms with Crippen molar-refractivity contribution in [2.75, 3.05) is 0 Å². The summed E-state index contributed by atoms with van der Waals surface area (Å²) in [4.78, 5) is 0. The van der Waals surface area contributed by atoms with E-state index in [1.54, 1.807) is 0 Å². The zero-order chi connectivity index (χ0) is 9.72. The van der Waals surface area contributed by atoms with Crippen molar-refractivity contribution in [3.05, 3.63) is 35.6 Å². The second-order valence-corrected chi connectivity index (χ2v) is 3.41. The molecule has 12 heavy (non-hydrogen) atoms. The molecule has 0 rings (SSSR count). The average Bonchev–Trinajstić information content (AvgIpc) is 1.98. The summed E-state index contributed by atoms with van der Waals surface area (Å²) in [5, 5.41) is 0. The molecule has 1 heteroatoms. The summed E-state index contributed by atoms with van der Waals surface area (Å²) in [7, 11) is 0. The second kappa shape index (κ2) is 4.81. The molecule has 0 aromatic rings. The lowest BCUT2D eigenvalue weighted by atomic mass is 10.1. The summed E-state index contributed by atoms with van der Waals surface area (Å²) in [6, 6.07) is 0. The number of hydrogen-bond donors (Lipinski definition) is 1. The van der Waals surface area contributed by atoms with Gasteiger partial charge in [-0.15, -0.1) is 0 Å². The van der Waals surface area contributed by atoms with E-state index in [9.17, 15) is 0 Å². The van der Waals surface area contributed by atoms with Crippen molar-refractivity contribution in [3.8, 4) is 0 Å². The Morgan fingerprint density at radius 3 is 2.17 bits per heavy atom. The van der Waals surface area contributed by atoms with Crippen LogP contribution in [0.25, 0.3) is 0 Å². The first-order chi connectivity index (χ1) is 5.45. The van der Waals surface area contributed by atoms with E-state index in [-0.39, 0.29) is 5.92 Å². The van der Waals surface area contributed by atoms with Crippen LogP contribution in [0, 0.1) is 5.92 Å². The fourth-order valence-electron chi connectivity index (χ4n) is 0.579. The average molecular weight is 165 g/mol. The Bertz CT molecular complexity index is 217. The van der Waals surface area contributed by atoms with E-state index in [0.29, 0.717) is 5.70 Å². The van der Waals surface area contributed by atoms with Crippen molar-refractivity contribution in [2.45, 2.75) is 27.7 Å². The third kappa shape index (κ3) is 4.02. The maximum absolute atomic E-state index is 5.54. The lowest BCUT2D eigenvalue weighted by Gasteiger charge is -2.04. The van der Waals surface area contributed by atoms with Crippen LogP contribution in [0.15, 0.2) is 35.6 Å². The molecule has 2 N–H and O–H groups in total. The van der Waals surface area contributed by atoms with Crippen LogP contribution < -0.4 is 5.73 Å². The van der Waals surface area contributed by atoms with Gasteiger partial charge >= 0.3 is 0 Å². The van der Waals surface area contributed by atoms with Crippen LogP contribution in [0.3, 0.4) is 0 Å². The maximum Gasteiger partial charge on any atom is 0.0133 e. The van der Waals surface area contributed by atoms with Gasteiger partial charge in [-0.2, -0.15) is 0 Å². The molecule has 0 spiro atoms. The predicted molar refractivity (Wildman–Crippen MR) is 55.7 cm³/mol. The molecule has 0 aromatic carbocycles. The highest BCUT2D eigenvalue weighted by Crippen LogP contribution is 2.08. The molecule has 0 saturated carbocycles. The van der Waals surface area contributed by atoms with Crippen molar-refractivity contribution in [3.63, 3.8) is 0 Å². The van der Waals surface area contributed by atoms with Gasteiger partial charge in [-0.25, -0.2) is 0 Å². The van der Waals surface area contributed by atoms with Crippen LogP contribution in [0.1, 0.15) is 27.7 Å². The van der Waals surface area contributed by atoms with E-state index in [0.717, 1.165) is 0 Å². The lowest BCUT2D eigenvalue weighted by Crippen LogP contribution is -2.03. The number of nitrogens with two attached hydrogens (primary N) is 1. The largest absolute Gasteiger partial charge is 0.402 e. The van der Waals surface area contributed by atoms with Crippen LogP contribution in [0.4, 0.5) is 0 Å². The zero-order valence-electron chi connectivity index (χ0n) is 8.52. The Hall–Kier alpha value is -0.980. The van der Waals surface area contributed by atoms with Crippen LogP contribution in [0.2, 0.25) is 0 Å². The molecule has 0 saturated heterocycles. The topological polar surface area (TPSA) is 26.0 Å². The Kier molecular flexibility index (Phi) is 4.42. The van der Waals surface area contributed by atoms with Gasteiger partial charge in [0, 0.05) is 11.6 Å². The molecule has 0 aliphatic carbocycles. The molecule has 0 bridgehead atoms. The van der Waals surface area contributed by atoms with Crippen LogP contribution in [-0.4, -0.2) is 0 Å². The molecule has 1 unspecified atom stereocenters. The molecule has 0 amide bonds. The lowest BCUT2D eigenvalue weighted by molar-refractivity contribution is 0.851. The number of allylic oxidation sites excluding steroid dienone is 4. The summed E-state index contributed by atoms with van der Waals surface area (Å²) in [6.45, 7) is 12.0. The maximum atomic E-state index is 5.54. The number of hydrogen-bond acceptors (Lipinski definition) is 1. The number of rotatable bonds is 3. The molecule has 0 fully saturated rings. The molecule has 0 radical (unpaired) electrons. The monoisotopic (exact) mass is 165 g/mol. The van der Waals surface area contributed by atoms with Crippen molar-refractivity contribution in [1.29, 1.82) is 0 Å². The Balaban J connectivity index is 4.26. The summed E-state index contributed by atoms with van der Waals surface area (Å²) in [5.74, 6) is 0.263. The fraction of sp³-hybridized carbons (Fsp3) is 0.455. The van der Waals surface area contributed by atoms with Crippen molar-refractivity contribution >= 4 is 0 Å². The molecule has 1 atom stereocenters. The molecule has 0 aliphatic heterocycles. The van der Waals surface area contributed by atoms with E-state index < -0.39 is 0 Å². The molecular formula is C11H19N. The van der Waals surface area contributed by atoms with Crippen molar-refractivity contribution in [2.24, 2.45) is 11.7 Å². The first kappa shape index (κ1) is 11.0. The molecule has 68 valence electrons. The summed E-state index contributed by atoms with van der Waals surface area (Å²) in [6.07, 6.45) is 4.17. The highest BCUT2D eigenvalue weighted by Gasteiger charge is 1.96. The van der Waals surface area contributed by atoms with E-state index in [2.05, 4.69) is 39.5 Å². The van der Waals surface area contributed by atoms with Gasteiger partial charge in [0.15, 0.2) is 0 Å². The minimum absolute atomic E-state index is 0.263. The van der Waals surface area contributed by atoms with Gasteiger partial charge in [-0.05, 0) is 20.8 Å². The first-order valence-corrected chi connectivity index (χ1v) is 4.21. The molecule has 0 heterocycles. The van der Waals surface area contributed by atoms with E-state index in [1.165, 1.54) is 11.1 Å². The van der Waals surface area contributed by atoms with Crippen molar-refractivity contribution in [1.82, 2.24) is 0 Å². The smallest absolute Gasteiger partial charge is 0.0133 e. The van der Waals surface area contributed by atoms with Gasteiger partial charge in [0.25, 0.3) is 0 Å². The van der Waals surface area contributed by atoms with Gasteiger partial charge in [0.05, 0.1) is 0 Å². The van der Waals surface area contributed by atoms with Crippen LogP contribution >= 0.6 is 0 Å². The minimum atomic E-state index is 0.263. The first-order valence-electron chi connectivity index (χ1n) is 4.21. The predicted octanol–water partition coefficient (Wildman–Crippen LogP) is 3.01. The molecule has 0 aliphatic rings. The molecule has 0 aromatic heterocycles. The minimum Gasteiger partial charge on any atom is -0.402 e. The summed E-state index contributed by atoms with van der Waals surface area (Å²) >= 11 is 0. The van der Waals surface area contributed by atoms with Crippen LogP contribution in [0.5, 0.6) is 0 Å². The van der Waals surface area contributed by atoms with Crippen LogP contribution in [-0.2, 0) is 0 Å². The zero-order valence-corrected chi connectivity index (χ0v) is 8.52. The quantitative estimate of drug-likeness (QED) is 0.639.